The van der Waals surface area contributed by atoms with E-state index in [1.54, 1.807) is 30.3 Å². The SMILES string of the molecule is COc1c(Br)cc(/C=C2\C(=O)NC(=O)N(c3ccccc3Cl)C2=O)cc1Br. The average molecular weight is 515 g/mol. The van der Waals surface area contributed by atoms with Crippen molar-refractivity contribution in [2.75, 3.05) is 12.0 Å². The maximum Gasteiger partial charge on any atom is 0.335 e. The number of imide groups is 2. The number of halogens is 3. The molecule has 2 aromatic carbocycles. The Kier molecular flexibility index (Phi) is 5.69. The van der Waals surface area contributed by atoms with Gasteiger partial charge in [-0.1, -0.05) is 23.7 Å². The van der Waals surface area contributed by atoms with Crippen molar-refractivity contribution in [3.8, 4) is 5.75 Å². The topological polar surface area (TPSA) is 75.7 Å². The first-order valence-electron chi connectivity index (χ1n) is 7.52. The summed E-state index contributed by atoms with van der Waals surface area (Å²) in [7, 11) is 1.52. The monoisotopic (exact) mass is 512 g/mol. The highest BCUT2D eigenvalue weighted by Crippen LogP contribution is 2.35. The lowest BCUT2D eigenvalue weighted by Crippen LogP contribution is -2.54. The number of nitrogens with one attached hydrogen (secondary N) is 1. The van der Waals surface area contributed by atoms with Crippen molar-refractivity contribution >= 4 is 73.1 Å². The van der Waals surface area contributed by atoms with Gasteiger partial charge in [0, 0.05) is 0 Å². The second-order valence-corrected chi connectivity index (χ2v) is 7.54. The lowest BCUT2D eigenvalue weighted by Gasteiger charge is -2.27. The van der Waals surface area contributed by atoms with Crippen molar-refractivity contribution in [1.29, 1.82) is 0 Å². The molecule has 6 nitrogen and oxygen atoms in total. The van der Waals surface area contributed by atoms with Gasteiger partial charge in [0.15, 0.2) is 0 Å². The third-order valence-corrected chi connectivity index (χ3v) is 5.23. The molecule has 4 amide bonds. The average Bonchev–Trinajstić information content (AvgIpc) is 2.60. The van der Waals surface area contributed by atoms with Gasteiger partial charge in [-0.25, -0.2) is 9.69 Å². The Balaban J connectivity index is 2.06. The van der Waals surface area contributed by atoms with Gasteiger partial charge < -0.3 is 4.74 Å². The molecule has 0 aliphatic carbocycles. The molecule has 1 heterocycles. The van der Waals surface area contributed by atoms with Crippen LogP contribution in [0, 0.1) is 0 Å². The third-order valence-electron chi connectivity index (χ3n) is 3.73. The van der Waals surface area contributed by atoms with Gasteiger partial charge in [-0.15, -0.1) is 0 Å². The number of nitrogens with zero attached hydrogens (tertiary/aromatic N) is 1. The van der Waals surface area contributed by atoms with Crippen LogP contribution in [0.25, 0.3) is 6.08 Å². The molecule has 1 aliphatic rings. The predicted molar refractivity (Wildman–Crippen MR) is 109 cm³/mol. The van der Waals surface area contributed by atoms with Gasteiger partial charge in [-0.3, -0.25) is 14.9 Å². The Labute approximate surface area is 176 Å². The molecule has 1 N–H and O–H groups in total. The highest BCUT2D eigenvalue weighted by molar-refractivity contribution is 9.11. The van der Waals surface area contributed by atoms with E-state index >= 15 is 0 Å². The molecule has 3 rings (SSSR count). The number of hydrogen-bond donors (Lipinski definition) is 1. The molecule has 138 valence electrons. The van der Waals surface area contributed by atoms with Gasteiger partial charge >= 0.3 is 6.03 Å². The van der Waals surface area contributed by atoms with E-state index < -0.39 is 17.8 Å². The minimum absolute atomic E-state index is 0.192. The Morgan fingerprint density at radius 1 is 1.11 bits per heavy atom. The summed E-state index contributed by atoms with van der Waals surface area (Å²) in [5.74, 6) is -0.972. The number of para-hydroxylation sites is 1. The first kappa shape index (κ1) is 19.6. The Bertz CT molecular complexity index is 984. The number of barbiturate groups is 1. The minimum atomic E-state index is -0.854. The van der Waals surface area contributed by atoms with E-state index in [-0.39, 0.29) is 16.3 Å². The molecule has 0 radical (unpaired) electrons. The zero-order valence-electron chi connectivity index (χ0n) is 13.8. The highest BCUT2D eigenvalue weighted by atomic mass is 79.9. The summed E-state index contributed by atoms with van der Waals surface area (Å²) in [4.78, 5) is 38.2. The number of carbonyl (C=O) groups is 3. The van der Waals surface area contributed by atoms with Gasteiger partial charge in [0.2, 0.25) is 0 Å². The summed E-state index contributed by atoms with van der Waals surface area (Å²) in [5, 5.41) is 2.37. The summed E-state index contributed by atoms with van der Waals surface area (Å²) < 4.78 is 6.50. The van der Waals surface area contributed by atoms with Crippen LogP contribution in [0.15, 0.2) is 50.9 Å². The zero-order valence-corrected chi connectivity index (χ0v) is 17.7. The van der Waals surface area contributed by atoms with Crippen LogP contribution >= 0.6 is 43.5 Å². The van der Waals surface area contributed by atoms with Crippen LogP contribution in [0.5, 0.6) is 5.75 Å². The molecule has 9 heteroatoms. The molecular formula is C18H11Br2ClN2O4. The third kappa shape index (κ3) is 3.78. The Hall–Kier alpha value is -2.16. The van der Waals surface area contributed by atoms with Crippen molar-refractivity contribution in [1.82, 2.24) is 5.32 Å². The van der Waals surface area contributed by atoms with Crippen LogP contribution in [0.2, 0.25) is 5.02 Å². The summed E-state index contributed by atoms with van der Waals surface area (Å²) in [6.45, 7) is 0. The number of methoxy groups -OCH3 is 1. The van der Waals surface area contributed by atoms with E-state index in [0.29, 0.717) is 20.3 Å². The van der Waals surface area contributed by atoms with Gasteiger partial charge in [-0.2, -0.15) is 0 Å². The van der Waals surface area contributed by atoms with Gasteiger partial charge in [0.05, 0.1) is 26.8 Å². The van der Waals surface area contributed by atoms with Gasteiger partial charge in [0.25, 0.3) is 11.8 Å². The lowest BCUT2D eigenvalue weighted by atomic mass is 10.1. The van der Waals surface area contributed by atoms with Gasteiger partial charge in [-0.05, 0) is 67.8 Å². The number of carbonyl (C=O) groups excluding carboxylic acids is 3. The molecule has 0 atom stereocenters. The number of hydrogen-bond acceptors (Lipinski definition) is 4. The van der Waals surface area contributed by atoms with E-state index in [0.717, 1.165) is 4.90 Å². The molecule has 0 spiro atoms. The summed E-state index contributed by atoms with van der Waals surface area (Å²) >= 11 is 12.8. The van der Waals surface area contributed by atoms with E-state index in [9.17, 15) is 14.4 Å². The van der Waals surface area contributed by atoms with Crippen molar-refractivity contribution in [2.24, 2.45) is 0 Å². The molecule has 1 fully saturated rings. The Morgan fingerprint density at radius 3 is 2.33 bits per heavy atom. The zero-order chi connectivity index (χ0) is 19.7. The predicted octanol–water partition coefficient (Wildman–Crippen LogP) is 4.54. The van der Waals surface area contributed by atoms with Crippen LogP contribution in [-0.2, 0) is 9.59 Å². The number of urea groups is 1. The maximum atomic E-state index is 12.9. The van der Waals surface area contributed by atoms with Crippen LogP contribution in [0.4, 0.5) is 10.5 Å². The van der Waals surface area contributed by atoms with Crippen molar-refractivity contribution < 1.29 is 19.1 Å². The molecule has 1 aliphatic heterocycles. The fraction of sp³-hybridized carbons (Fsp3) is 0.0556. The van der Waals surface area contributed by atoms with Crippen molar-refractivity contribution in [3.63, 3.8) is 0 Å². The lowest BCUT2D eigenvalue weighted by molar-refractivity contribution is -0.122. The second kappa shape index (κ2) is 7.84. The van der Waals surface area contributed by atoms with Crippen molar-refractivity contribution in [3.05, 3.63) is 61.5 Å². The molecule has 0 unspecified atom stereocenters. The molecule has 27 heavy (non-hydrogen) atoms. The first-order chi connectivity index (χ1) is 12.8. The highest BCUT2D eigenvalue weighted by Gasteiger charge is 2.37. The molecule has 0 aromatic heterocycles. The maximum absolute atomic E-state index is 12.9. The molecule has 1 saturated heterocycles. The van der Waals surface area contributed by atoms with E-state index in [1.165, 1.54) is 19.3 Å². The van der Waals surface area contributed by atoms with Crippen LogP contribution in [0.3, 0.4) is 0 Å². The standard InChI is InChI=1S/C18H11Br2ClN2O4/c1-27-15-11(19)7-9(8-12(15)20)6-10-16(24)22-18(26)23(17(10)25)14-5-3-2-4-13(14)21/h2-8H,1H3,(H,22,24,26)/b10-6+. The summed E-state index contributed by atoms with van der Waals surface area (Å²) in [5.41, 5.74) is 0.553. The second-order valence-electron chi connectivity index (χ2n) is 5.43. The quantitative estimate of drug-likeness (QED) is 0.482. The summed E-state index contributed by atoms with van der Waals surface area (Å²) in [6.07, 6.45) is 1.39. The van der Waals surface area contributed by atoms with Crippen molar-refractivity contribution in [2.45, 2.75) is 0 Å². The normalized spacial score (nSPS) is 15.9. The van der Waals surface area contributed by atoms with Crippen LogP contribution in [-0.4, -0.2) is 25.0 Å². The van der Waals surface area contributed by atoms with E-state index in [2.05, 4.69) is 37.2 Å². The molecule has 0 saturated carbocycles. The summed E-state index contributed by atoms with van der Waals surface area (Å²) in [6, 6.07) is 8.90. The fourth-order valence-corrected chi connectivity index (χ4v) is 4.30. The van der Waals surface area contributed by atoms with E-state index in [1.807, 2.05) is 0 Å². The molecule has 2 aromatic rings. The van der Waals surface area contributed by atoms with Crippen LogP contribution < -0.4 is 15.0 Å². The number of ether oxygens (including phenoxy) is 1. The minimum Gasteiger partial charge on any atom is -0.494 e. The van der Waals surface area contributed by atoms with E-state index in [4.69, 9.17) is 16.3 Å². The first-order valence-corrected chi connectivity index (χ1v) is 9.49. The smallest absolute Gasteiger partial charge is 0.335 e. The fourth-order valence-electron chi connectivity index (χ4n) is 2.53. The number of benzene rings is 2. The van der Waals surface area contributed by atoms with Crippen LogP contribution in [0.1, 0.15) is 5.56 Å². The molecular weight excluding hydrogens is 503 g/mol. The number of amides is 4. The number of anilines is 1. The van der Waals surface area contributed by atoms with Gasteiger partial charge in [0.1, 0.15) is 11.3 Å². The largest absolute Gasteiger partial charge is 0.494 e. The number of rotatable bonds is 3. The Morgan fingerprint density at radius 2 is 1.74 bits per heavy atom. The molecule has 0 bridgehead atoms.